The van der Waals surface area contributed by atoms with E-state index in [0.29, 0.717) is 0 Å². The first-order chi connectivity index (χ1) is 5.24. The Kier molecular flexibility index (Phi) is 6.21. The summed E-state index contributed by atoms with van der Waals surface area (Å²) >= 11 is 5.13. The molecule has 0 amide bonds. The number of hydrogen-bond acceptors (Lipinski definition) is 4. The fourth-order valence-corrected chi connectivity index (χ4v) is 0.612. The van der Waals surface area contributed by atoms with Crippen LogP contribution in [0.3, 0.4) is 0 Å². The van der Waals surface area contributed by atoms with Crippen molar-refractivity contribution < 1.29 is 19.7 Å². The van der Waals surface area contributed by atoms with Crippen molar-refractivity contribution >= 4 is 17.6 Å². The van der Waals surface area contributed by atoms with Crippen molar-refractivity contribution in [1.29, 1.82) is 0 Å². The number of esters is 1. The lowest BCUT2D eigenvalue weighted by Crippen LogP contribution is -2.23. The average Bonchev–Trinajstić information content (AvgIpc) is 2.03. The number of hydrogen-bond donors (Lipinski definition) is 2. The van der Waals surface area contributed by atoms with Gasteiger partial charge in [0.2, 0.25) is 0 Å². The molecule has 2 N–H and O–H groups in total. The molecule has 0 spiro atoms. The summed E-state index contributed by atoms with van der Waals surface area (Å²) in [6.07, 6.45) is -0.398. The number of carbonyl (C=O) groups excluding carboxylic acids is 1. The van der Waals surface area contributed by atoms with Gasteiger partial charge in [-0.15, -0.1) is 11.6 Å². The van der Waals surface area contributed by atoms with E-state index < -0.39 is 12.1 Å². The molecule has 0 bridgehead atoms. The summed E-state index contributed by atoms with van der Waals surface area (Å²) in [5, 5.41) is 17.0. The third-order valence-corrected chi connectivity index (χ3v) is 1.28. The number of alkyl halides is 1. The van der Waals surface area contributed by atoms with Crippen LogP contribution < -0.4 is 0 Å². The molecule has 4 nitrogen and oxygen atoms in total. The summed E-state index contributed by atoms with van der Waals surface area (Å²) in [7, 11) is 0. The van der Waals surface area contributed by atoms with E-state index in [4.69, 9.17) is 21.8 Å². The van der Waals surface area contributed by atoms with E-state index in [0.717, 1.165) is 0 Å². The molecule has 0 aliphatic rings. The van der Waals surface area contributed by atoms with Crippen molar-refractivity contribution in [2.24, 2.45) is 0 Å². The fraction of sp³-hybridized carbons (Fsp3) is 0.833. The Labute approximate surface area is 69.7 Å². The van der Waals surface area contributed by atoms with E-state index in [2.05, 4.69) is 4.74 Å². The maximum atomic E-state index is 10.5. The van der Waals surface area contributed by atoms with Crippen LogP contribution in [0.25, 0.3) is 0 Å². The summed E-state index contributed by atoms with van der Waals surface area (Å²) in [6.45, 7) is -0.413. The molecule has 1 unspecified atom stereocenters. The largest absolute Gasteiger partial charge is 0.459 e. The minimum Gasteiger partial charge on any atom is -0.459 e. The van der Waals surface area contributed by atoms with Gasteiger partial charge < -0.3 is 14.9 Å². The van der Waals surface area contributed by atoms with Crippen LogP contribution in [0.1, 0.15) is 6.42 Å². The number of halogens is 1. The quantitative estimate of drug-likeness (QED) is 0.445. The van der Waals surface area contributed by atoms with Gasteiger partial charge in [0.1, 0.15) is 12.0 Å². The summed E-state index contributed by atoms with van der Waals surface area (Å²) in [5.74, 6) is -0.818. The lowest BCUT2D eigenvalue weighted by molar-refractivity contribution is -0.148. The maximum absolute atomic E-state index is 10.5. The van der Waals surface area contributed by atoms with Gasteiger partial charge in [0.05, 0.1) is 6.61 Å². The van der Waals surface area contributed by atoms with Gasteiger partial charge in [0.25, 0.3) is 0 Å². The van der Waals surface area contributed by atoms with Gasteiger partial charge in [-0.25, -0.2) is 0 Å². The zero-order valence-corrected chi connectivity index (χ0v) is 6.75. The molecule has 0 radical (unpaired) electrons. The van der Waals surface area contributed by atoms with E-state index in [1.165, 1.54) is 0 Å². The normalized spacial score (nSPS) is 12.6. The van der Waals surface area contributed by atoms with Crippen LogP contribution >= 0.6 is 11.6 Å². The SMILES string of the molecule is O=C(CCl)OC(CO)CCO. The van der Waals surface area contributed by atoms with Gasteiger partial charge in [-0.05, 0) is 0 Å². The van der Waals surface area contributed by atoms with Gasteiger partial charge in [-0.1, -0.05) is 0 Å². The van der Waals surface area contributed by atoms with E-state index >= 15 is 0 Å². The highest BCUT2D eigenvalue weighted by Gasteiger charge is 2.11. The van der Waals surface area contributed by atoms with Crippen LogP contribution in [0.15, 0.2) is 0 Å². The summed E-state index contributed by atoms with van der Waals surface area (Å²) < 4.78 is 4.61. The number of ether oxygens (including phenoxy) is 1. The summed E-state index contributed by atoms with van der Waals surface area (Å²) in [4.78, 5) is 10.5. The van der Waals surface area contributed by atoms with Crippen molar-refractivity contribution in [1.82, 2.24) is 0 Å². The fourth-order valence-electron chi connectivity index (χ4n) is 0.549. The van der Waals surface area contributed by atoms with Gasteiger partial charge in [-0.3, -0.25) is 4.79 Å². The standard InChI is InChI=1S/C6H11ClO4/c7-3-6(10)11-5(4-9)1-2-8/h5,8-9H,1-4H2. The smallest absolute Gasteiger partial charge is 0.321 e. The van der Waals surface area contributed by atoms with Crippen molar-refractivity contribution in [3.05, 3.63) is 0 Å². The monoisotopic (exact) mass is 182 g/mol. The van der Waals surface area contributed by atoms with Gasteiger partial charge in [-0.2, -0.15) is 0 Å². The number of aliphatic hydroxyl groups excluding tert-OH is 2. The van der Waals surface area contributed by atoms with Crippen LogP contribution in [-0.2, 0) is 9.53 Å². The average molecular weight is 183 g/mol. The van der Waals surface area contributed by atoms with E-state index in [-0.39, 0.29) is 25.5 Å². The zero-order valence-electron chi connectivity index (χ0n) is 5.99. The minimum absolute atomic E-state index is 0.124. The highest BCUT2D eigenvalue weighted by Crippen LogP contribution is 1.97. The Morgan fingerprint density at radius 1 is 1.55 bits per heavy atom. The molecule has 11 heavy (non-hydrogen) atoms. The molecule has 0 rings (SSSR count). The molecule has 66 valence electrons. The van der Waals surface area contributed by atoms with E-state index in [1.54, 1.807) is 0 Å². The molecule has 1 atom stereocenters. The molecule has 0 saturated carbocycles. The second-order valence-electron chi connectivity index (χ2n) is 1.94. The highest BCUT2D eigenvalue weighted by atomic mass is 35.5. The Morgan fingerprint density at radius 3 is 2.55 bits per heavy atom. The molecule has 0 aliphatic carbocycles. The van der Waals surface area contributed by atoms with E-state index in [1.807, 2.05) is 0 Å². The Hall–Kier alpha value is -0.320. The first-order valence-electron chi connectivity index (χ1n) is 3.21. The van der Waals surface area contributed by atoms with Crippen LogP contribution in [0, 0.1) is 0 Å². The molecule has 0 aromatic heterocycles. The molecule has 0 fully saturated rings. The van der Waals surface area contributed by atoms with Gasteiger partial charge >= 0.3 is 5.97 Å². The van der Waals surface area contributed by atoms with Crippen LogP contribution in [-0.4, -0.2) is 41.4 Å². The summed E-state index contributed by atoms with van der Waals surface area (Å²) in [6, 6.07) is 0. The number of rotatable bonds is 5. The van der Waals surface area contributed by atoms with Crippen LogP contribution in [0.4, 0.5) is 0 Å². The third kappa shape index (κ3) is 5.01. The van der Waals surface area contributed by atoms with Crippen LogP contribution in [0.2, 0.25) is 0 Å². The summed E-state index contributed by atoms with van der Waals surface area (Å²) in [5.41, 5.74) is 0. The molecule has 5 heteroatoms. The van der Waals surface area contributed by atoms with E-state index in [9.17, 15) is 4.79 Å². The molecular formula is C6H11ClO4. The molecule has 0 aromatic rings. The van der Waals surface area contributed by atoms with Crippen molar-refractivity contribution in [2.45, 2.75) is 12.5 Å². The van der Waals surface area contributed by atoms with Gasteiger partial charge in [0.15, 0.2) is 0 Å². The first kappa shape index (κ1) is 10.7. The lowest BCUT2D eigenvalue weighted by Gasteiger charge is -2.12. The topological polar surface area (TPSA) is 66.8 Å². The molecule has 0 aromatic carbocycles. The van der Waals surface area contributed by atoms with Gasteiger partial charge in [0, 0.05) is 13.0 Å². The van der Waals surface area contributed by atoms with Crippen molar-refractivity contribution in [3.8, 4) is 0 Å². The molecular weight excluding hydrogens is 172 g/mol. The maximum Gasteiger partial charge on any atom is 0.321 e. The highest BCUT2D eigenvalue weighted by molar-refractivity contribution is 6.26. The second kappa shape index (κ2) is 6.39. The third-order valence-electron chi connectivity index (χ3n) is 1.06. The van der Waals surface area contributed by atoms with Crippen molar-refractivity contribution in [2.75, 3.05) is 19.1 Å². The second-order valence-corrected chi connectivity index (χ2v) is 2.21. The predicted molar refractivity (Wildman–Crippen MR) is 39.4 cm³/mol. The Morgan fingerprint density at radius 2 is 2.18 bits per heavy atom. The number of aliphatic hydroxyl groups is 2. The lowest BCUT2D eigenvalue weighted by atomic mass is 10.3. The Bertz CT molecular complexity index is 117. The molecule has 0 aliphatic heterocycles. The predicted octanol–water partition coefficient (Wildman–Crippen LogP) is -0.488. The zero-order chi connectivity index (χ0) is 8.69. The number of carbonyl (C=O) groups is 1. The molecule has 0 saturated heterocycles. The first-order valence-corrected chi connectivity index (χ1v) is 3.75. The molecule has 0 heterocycles. The Balaban J connectivity index is 3.58. The van der Waals surface area contributed by atoms with Crippen LogP contribution in [0.5, 0.6) is 0 Å². The minimum atomic E-state index is -0.633. The van der Waals surface area contributed by atoms with Crippen molar-refractivity contribution in [3.63, 3.8) is 0 Å².